The Kier molecular flexibility index (Phi) is 2.18. The molecule has 0 saturated carbocycles. The Balaban J connectivity index is 2.64. The number of alkyl halides is 1. The van der Waals surface area contributed by atoms with Crippen LogP contribution in [0.1, 0.15) is 29.9 Å². The van der Waals surface area contributed by atoms with Crippen LogP contribution in [-0.4, -0.2) is 21.3 Å². The van der Waals surface area contributed by atoms with Gasteiger partial charge in [-0.2, -0.15) is 5.10 Å². The number of halogens is 1. The molecule has 0 atom stereocenters. The lowest BCUT2D eigenvalue weighted by Crippen LogP contribution is -2.09. The Bertz CT molecular complexity index is 555. The largest absolute Gasteiger partial charge is 0.478 e. The van der Waals surface area contributed by atoms with Gasteiger partial charge in [0, 0.05) is 5.39 Å². The van der Waals surface area contributed by atoms with Gasteiger partial charge in [-0.3, -0.25) is 5.10 Å². The maximum Gasteiger partial charge on any atom is 0.335 e. The van der Waals surface area contributed by atoms with Gasteiger partial charge in [-0.15, -0.1) is 0 Å². The highest BCUT2D eigenvalue weighted by Gasteiger charge is 2.24. The second-order valence-corrected chi connectivity index (χ2v) is 4.11. The van der Waals surface area contributed by atoms with Crippen LogP contribution < -0.4 is 0 Å². The molecule has 0 saturated heterocycles. The first-order valence-corrected chi connectivity index (χ1v) is 4.80. The van der Waals surface area contributed by atoms with E-state index in [1.165, 1.54) is 26.0 Å². The minimum Gasteiger partial charge on any atom is -0.478 e. The van der Waals surface area contributed by atoms with Crippen LogP contribution in [0.25, 0.3) is 10.9 Å². The molecule has 4 nitrogen and oxygen atoms in total. The van der Waals surface area contributed by atoms with Gasteiger partial charge in [-0.25, -0.2) is 9.18 Å². The predicted octanol–water partition coefficient (Wildman–Crippen LogP) is 2.47. The number of carboxylic acids is 1. The molecule has 0 aliphatic heterocycles. The number of benzene rings is 1. The van der Waals surface area contributed by atoms with E-state index in [0.29, 0.717) is 16.6 Å². The molecule has 1 aromatic carbocycles. The summed E-state index contributed by atoms with van der Waals surface area (Å²) in [5, 5.41) is 15.9. The quantitative estimate of drug-likeness (QED) is 0.820. The van der Waals surface area contributed by atoms with Crippen molar-refractivity contribution < 1.29 is 14.3 Å². The summed E-state index contributed by atoms with van der Waals surface area (Å²) >= 11 is 0. The Morgan fingerprint density at radius 3 is 2.75 bits per heavy atom. The predicted molar refractivity (Wildman–Crippen MR) is 57.2 cm³/mol. The number of H-pyrrole nitrogens is 1. The van der Waals surface area contributed by atoms with Gasteiger partial charge in [-0.05, 0) is 32.0 Å². The van der Waals surface area contributed by atoms with Crippen LogP contribution in [0.2, 0.25) is 0 Å². The molecule has 0 amide bonds. The topological polar surface area (TPSA) is 66.0 Å². The fraction of sp³-hybridized carbons (Fsp3) is 0.273. The summed E-state index contributed by atoms with van der Waals surface area (Å²) in [4.78, 5) is 10.7. The van der Waals surface area contributed by atoms with Crippen molar-refractivity contribution in [1.29, 1.82) is 0 Å². The molecule has 0 aliphatic carbocycles. The zero-order valence-corrected chi connectivity index (χ0v) is 8.91. The highest BCUT2D eigenvalue weighted by molar-refractivity contribution is 5.93. The van der Waals surface area contributed by atoms with Crippen LogP contribution in [0.5, 0.6) is 0 Å². The number of rotatable bonds is 2. The molecule has 0 unspecified atom stereocenters. The third-order valence-corrected chi connectivity index (χ3v) is 2.40. The molecule has 84 valence electrons. The summed E-state index contributed by atoms with van der Waals surface area (Å²) < 4.78 is 13.8. The zero-order valence-electron chi connectivity index (χ0n) is 8.91. The van der Waals surface area contributed by atoms with Crippen LogP contribution in [0.15, 0.2) is 18.2 Å². The number of nitrogens with one attached hydrogen (secondary N) is 1. The molecule has 2 aromatic rings. The van der Waals surface area contributed by atoms with Crippen molar-refractivity contribution in [3.63, 3.8) is 0 Å². The van der Waals surface area contributed by atoms with E-state index in [1.807, 2.05) is 0 Å². The minimum absolute atomic E-state index is 0.141. The molecular weight excluding hydrogens is 211 g/mol. The lowest BCUT2D eigenvalue weighted by molar-refractivity contribution is 0.0697. The number of aromatic carboxylic acids is 1. The van der Waals surface area contributed by atoms with E-state index in [2.05, 4.69) is 10.2 Å². The monoisotopic (exact) mass is 222 g/mol. The van der Waals surface area contributed by atoms with E-state index in [0.717, 1.165) is 0 Å². The van der Waals surface area contributed by atoms with Gasteiger partial charge < -0.3 is 5.11 Å². The second-order valence-electron chi connectivity index (χ2n) is 4.11. The van der Waals surface area contributed by atoms with E-state index in [9.17, 15) is 9.18 Å². The smallest absolute Gasteiger partial charge is 0.335 e. The number of hydrogen-bond acceptors (Lipinski definition) is 2. The summed E-state index contributed by atoms with van der Waals surface area (Å²) in [6, 6.07) is 4.43. The van der Waals surface area contributed by atoms with Crippen LogP contribution >= 0.6 is 0 Å². The second kappa shape index (κ2) is 3.30. The Labute approximate surface area is 91.1 Å². The molecule has 1 aromatic heterocycles. The molecule has 16 heavy (non-hydrogen) atoms. The van der Waals surface area contributed by atoms with Gasteiger partial charge in [0.05, 0.1) is 16.8 Å². The van der Waals surface area contributed by atoms with Crippen molar-refractivity contribution in [2.24, 2.45) is 0 Å². The number of hydrogen-bond donors (Lipinski definition) is 2. The van der Waals surface area contributed by atoms with Gasteiger partial charge in [0.2, 0.25) is 0 Å². The normalized spacial score (nSPS) is 11.9. The molecule has 2 rings (SSSR count). The van der Waals surface area contributed by atoms with E-state index in [-0.39, 0.29) is 5.56 Å². The van der Waals surface area contributed by atoms with Crippen molar-refractivity contribution in [3.8, 4) is 0 Å². The Morgan fingerprint density at radius 1 is 1.50 bits per heavy atom. The van der Waals surface area contributed by atoms with Gasteiger partial charge in [0.1, 0.15) is 5.67 Å². The van der Waals surface area contributed by atoms with Crippen LogP contribution in [0.4, 0.5) is 4.39 Å². The lowest BCUT2D eigenvalue weighted by atomic mass is 10.0. The summed E-state index contributed by atoms with van der Waals surface area (Å²) in [6.07, 6.45) is 0. The Morgan fingerprint density at radius 2 is 2.19 bits per heavy atom. The highest BCUT2D eigenvalue weighted by Crippen LogP contribution is 2.29. The maximum absolute atomic E-state index is 13.8. The first-order valence-electron chi connectivity index (χ1n) is 4.80. The third kappa shape index (κ3) is 1.64. The Hall–Kier alpha value is -1.91. The number of nitrogens with zero attached hydrogens (tertiary/aromatic N) is 1. The summed E-state index contributed by atoms with van der Waals surface area (Å²) in [5.74, 6) is -1.02. The number of aromatic nitrogens is 2. The zero-order chi connectivity index (χ0) is 11.9. The lowest BCUT2D eigenvalue weighted by Gasteiger charge is -2.11. The standard InChI is InChI=1S/C11H11FN2O2/c1-11(2,12)9-7-4-3-6(10(15)16)5-8(7)13-14-9/h3-5H,1-2H3,(H,13,14)(H,15,16). The van der Waals surface area contributed by atoms with E-state index in [4.69, 9.17) is 5.11 Å². The van der Waals surface area contributed by atoms with Crippen molar-refractivity contribution >= 4 is 16.9 Å². The number of fused-ring (bicyclic) bond motifs is 1. The average molecular weight is 222 g/mol. The maximum atomic E-state index is 13.8. The van der Waals surface area contributed by atoms with E-state index >= 15 is 0 Å². The van der Waals surface area contributed by atoms with Gasteiger partial charge in [-0.1, -0.05) is 0 Å². The first kappa shape index (κ1) is 10.6. The van der Waals surface area contributed by atoms with E-state index in [1.54, 1.807) is 6.07 Å². The fourth-order valence-corrected chi connectivity index (χ4v) is 1.60. The number of carboxylic acid groups (broad SMARTS) is 1. The molecule has 0 fully saturated rings. The van der Waals surface area contributed by atoms with Gasteiger partial charge >= 0.3 is 5.97 Å². The number of carbonyl (C=O) groups is 1. The van der Waals surface area contributed by atoms with E-state index < -0.39 is 11.6 Å². The van der Waals surface area contributed by atoms with Crippen molar-refractivity contribution in [2.75, 3.05) is 0 Å². The highest BCUT2D eigenvalue weighted by atomic mass is 19.1. The van der Waals surface area contributed by atoms with Gasteiger partial charge in [0.15, 0.2) is 0 Å². The molecule has 1 heterocycles. The molecule has 0 spiro atoms. The summed E-state index contributed by atoms with van der Waals surface area (Å²) in [5.41, 5.74) is -0.568. The minimum atomic E-state index is -1.53. The molecule has 0 bridgehead atoms. The summed E-state index contributed by atoms with van der Waals surface area (Å²) in [6.45, 7) is 2.84. The van der Waals surface area contributed by atoms with Crippen LogP contribution in [-0.2, 0) is 5.67 Å². The third-order valence-electron chi connectivity index (χ3n) is 2.40. The average Bonchev–Trinajstić information content (AvgIpc) is 2.58. The van der Waals surface area contributed by atoms with Crippen molar-refractivity contribution in [3.05, 3.63) is 29.5 Å². The first-order chi connectivity index (χ1) is 7.39. The fourth-order valence-electron chi connectivity index (χ4n) is 1.60. The molecular formula is C11H11FN2O2. The molecule has 2 N–H and O–H groups in total. The molecule has 0 radical (unpaired) electrons. The van der Waals surface area contributed by atoms with Crippen LogP contribution in [0, 0.1) is 0 Å². The van der Waals surface area contributed by atoms with Crippen molar-refractivity contribution in [2.45, 2.75) is 19.5 Å². The summed E-state index contributed by atoms with van der Waals surface area (Å²) in [7, 11) is 0. The van der Waals surface area contributed by atoms with Gasteiger partial charge in [0.25, 0.3) is 0 Å². The number of aromatic amines is 1. The molecule has 5 heteroatoms. The SMILES string of the molecule is CC(C)(F)c1[nH]nc2cc(C(=O)O)ccc12. The van der Waals surface area contributed by atoms with Crippen molar-refractivity contribution in [1.82, 2.24) is 10.2 Å². The van der Waals surface area contributed by atoms with Crippen LogP contribution in [0.3, 0.4) is 0 Å². The molecule has 0 aliphatic rings.